The monoisotopic (exact) mass is 334 g/mol. The van der Waals surface area contributed by atoms with Crippen molar-refractivity contribution in [2.24, 2.45) is 0 Å². The summed E-state index contributed by atoms with van der Waals surface area (Å²) in [6.45, 7) is 2.24. The first kappa shape index (κ1) is 17.6. The second kappa shape index (κ2) is 8.07. The fourth-order valence-corrected chi connectivity index (χ4v) is 2.21. The molecule has 116 valence electrons. The van der Waals surface area contributed by atoms with Crippen LogP contribution in [0.3, 0.4) is 0 Å². The summed E-state index contributed by atoms with van der Waals surface area (Å²) in [5, 5.41) is 14.5. The van der Waals surface area contributed by atoms with Crippen molar-refractivity contribution in [1.82, 2.24) is 5.32 Å². The number of methoxy groups -OCH3 is 1. The molecule has 1 aromatic carbocycles. The molecular weight excluding hydrogens is 319 g/mol. The molecule has 1 aromatic rings. The molecule has 3 N–H and O–H groups in total. The van der Waals surface area contributed by atoms with Gasteiger partial charge in [0, 0.05) is 12.1 Å². The number of carbonyl (C=O) groups excluding carboxylic acids is 1. The number of hydrogen-bond donors (Lipinski definition) is 3. The Hall–Kier alpha value is -1.50. The quantitative estimate of drug-likeness (QED) is 0.745. The van der Waals surface area contributed by atoms with E-state index in [4.69, 9.17) is 33.0 Å². The molecule has 0 saturated heterocycles. The van der Waals surface area contributed by atoms with Crippen molar-refractivity contribution in [3.05, 3.63) is 27.7 Å². The standard InChI is InChI=1S/C13H16Cl2N2O4/c1-3-8(6-21-2)16-13(20)17-11-9(12(18)19)4-7(14)5-10(11)15/h4-5,8H,3,6H2,1-2H3,(H,18,19)(H2,16,17,20). The van der Waals surface area contributed by atoms with Crippen LogP contribution in [0.2, 0.25) is 10.0 Å². The molecule has 0 bridgehead atoms. The molecule has 0 saturated carbocycles. The fraction of sp³-hybridized carbons (Fsp3) is 0.385. The molecule has 0 aliphatic carbocycles. The predicted octanol–water partition coefficient (Wildman–Crippen LogP) is 3.24. The van der Waals surface area contributed by atoms with E-state index in [0.29, 0.717) is 13.0 Å². The third-order valence-electron chi connectivity index (χ3n) is 2.72. The Morgan fingerprint density at radius 2 is 2.05 bits per heavy atom. The van der Waals surface area contributed by atoms with Gasteiger partial charge < -0.3 is 20.5 Å². The van der Waals surface area contributed by atoms with Gasteiger partial charge >= 0.3 is 12.0 Å². The molecule has 21 heavy (non-hydrogen) atoms. The zero-order chi connectivity index (χ0) is 16.0. The van der Waals surface area contributed by atoms with Crippen LogP contribution in [-0.4, -0.2) is 36.9 Å². The SMILES string of the molecule is CCC(COC)NC(=O)Nc1c(Cl)cc(Cl)cc1C(=O)O. The minimum atomic E-state index is -1.24. The van der Waals surface area contributed by atoms with E-state index < -0.39 is 12.0 Å². The van der Waals surface area contributed by atoms with Gasteiger partial charge in [0.2, 0.25) is 0 Å². The summed E-state index contributed by atoms with van der Waals surface area (Å²) in [5.74, 6) is -1.24. The highest BCUT2D eigenvalue weighted by atomic mass is 35.5. The van der Waals surface area contributed by atoms with Crippen LogP contribution < -0.4 is 10.6 Å². The van der Waals surface area contributed by atoms with Gasteiger partial charge in [-0.05, 0) is 18.6 Å². The normalized spacial score (nSPS) is 11.8. The summed E-state index contributed by atoms with van der Waals surface area (Å²) in [6, 6.07) is 1.83. The van der Waals surface area contributed by atoms with Crippen molar-refractivity contribution in [2.45, 2.75) is 19.4 Å². The highest BCUT2D eigenvalue weighted by Crippen LogP contribution is 2.30. The topological polar surface area (TPSA) is 87.7 Å². The number of nitrogens with one attached hydrogen (secondary N) is 2. The minimum absolute atomic E-state index is 0.00154. The summed E-state index contributed by atoms with van der Waals surface area (Å²) in [7, 11) is 1.53. The molecule has 0 fully saturated rings. The second-order valence-electron chi connectivity index (χ2n) is 4.27. The molecule has 6 nitrogen and oxygen atoms in total. The van der Waals surface area contributed by atoms with E-state index in [1.165, 1.54) is 19.2 Å². The number of halogens is 2. The van der Waals surface area contributed by atoms with Gasteiger partial charge in [0.05, 0.1) is 28.9 Å². The lowest BCUT2D eigenvalue weighted by molar-refractivity contribution is 0.0698. The maximum absolute atomic E-state index is 11.9. The van der Waals surface area contributed by atoms with Crippen molar-refractivity contribution in [2.75, 3.05) is 19.0 Å². The molecular formula is C13H16Cl2N2O4. The number of anilines is 1. The van der Waals surface area contributed by atoms with Crippen LogP contribution in [0.5, 0.6) is 0 Å². The number of carboxylic acids is 1. The molecule has 0 aliphatic heterocycles. The number of aromatic carboxylic acids is 1. The van der Waals surface area contributed by atoms with Crippen molar-refractivity contribution in [1.29, 1.82) is 0 Å². The Morgan fingerprint density at radius 1 is 1.38 bits per heavy atom. The van der Waals surface area contributed by atoms with Gasteiger partial charge in [-0.3, -0.25) is 0 Å². The summed E-state index contributed by atoms with van der Waals surface area (Å²) < 4.78 is 4.97. The molecule has 0 aromatic heterocycles. The minimum Gasteiger partial charge on any atom is -0.478 e. The highest BCUT2D eigenvalue weighted by Gasteiger charge is 2.18. The Labute approximate surface area is 132 Å². The van der Waals surface area contributed by atoms with Gasteiger partial charge in [0.25, 0.3) is 0 Å². The third-order valence-corrected chi connectivity index (χ3v) is 3.24. The van der Waals surface area contributed by atoms with Crippen LogP contribution in [0.25, 0.3) is 0 Å². The number of hydrogen-bond acceptors (Lipinski definition) is 3. The number of carboxylic acid groups (broad SMARTS) is 1. The Balaban J connectivity index is 2.92. The van der Waals surface area contributed by atoms with Crippen molar-refractivity contribution in [3.63, 3.8) is 0 Å². The summed E-state index contributed by atoms with van der Waals surface area (Å²) >= 11 is 11.7. The molecule has 0 radical (unpaired) electrons. The van der Waals surface area contributed by atoms with E-state index in [9.17, 15) is 9.59 Å². The molecule has 0 heterocycles. The second-order valence-corrected chi connectivity index (χ2v) is 5.12. The summed E-state index contributed by atoms with van der Waals surface area (Å²) in [5.41, 5.74) is -0.180. The number of urea groups is 1. The Bertz CT molecular complexity index is 537. The molecule has 8 heteroatoms. The Kier molecular flexibility index (Phi) is 6.74. The van der Waals surface area contributed by atoms with E-state index in [1.54, 1.807) is 0 Å². The first-order valence-corrected chi connectivity index (χ1v) is 6.93. The smallest absolute Gasteiger partial charge is 0.337 e. The van der Waals surface area contributed by atoms with Crippen LogP contribution >= 0.6 is 23.2 Å². The first-order chi connectivity index (χ1) is 9.88. The molecule has 0 spiro atoms. The van der Waals surface area contributed by atoms with E-state index in [2.05, 4.69) is 10.6 Å². The third kappa shape index (κ3) is 5.08. The molecule has 1 atom stereocenters. The van der Waals surface area contributed by atoms with E-state index in [1.807, 2.05) is 6.92 Å². The first-order valence-electron chi connectivity index (χ1n) is 6.17. The van der Waals surface area contributed by atoms with Crippen molar-refractivity contribution in [3.8, 4) is 0 Å². The maximum atomic E-state index is 11.9. The largest absolute Gasteiger partial charge is 0.478 e. The lowest BCUT2D eigenvalue weighted by atomic mass is 10.2. The van der Waals surface area contributed by atoms with Gasteiger partial charge in [-0.25, -0.2) is 9.59 Å². The average Bonchev–Trinajstić information content (AvgIpc) is 2.40. The molecule has 1 unspecified atom stereocenters. The van der Waals surface area contributed by atoms with Crippen LogP contribution in [0.15, 0.2) is 12.1 Å². The van der Waals surface area contributed by atoms with Gasteiger partial charge in [-0.1, -0.05) is 30.1 Å². The average molecular weight is 335 g/mol. The molecule has 0 aliphatic rings. The maximum Gasteiger partial charge on any atom is 0.337 e. The zero-order valence-electron chi connectivity index (χ0n) is 11.6. The predicted molar refractivity (Wildman–Crippen MR) is 81.5 cm³/mol. The lowest BCUT2D eigenvalue weighted by Crippen LogP contribution is -2.40. The zero-order valence-corrected chi connectivity index (χ0v) is 13.1. The van der Waals surface area contributed by atoms with Crippen molar-refractivity contribution < 1.29 is 19.4 Å². The number of amides is 2. The highest BCUT2D eigenvalue weighted by molar-refractivity contribution is 6.37. The van der Waals surface area contributed by atoms with Crippen molar-refractivity contribution >= 4 is 40.9 Å². The van der Waals surface area contributed by atoms with E-state index in [-0.39, 0.29) is 27.3 Å². The van der Waals surface area contributed by atoms with Crippen LogP contribution in [-0.2, 0) is 4.74 Å². The van der Waals surface area contributed by atoms with Crippen LogP contribution in [0.1, 0.15) is 23.7 Å². The van der Waals surface area contributed by atoms with Gasteiger partial charge in [-0.2, -0.15) is 0 Å². The van der Waals surface area contributed by atoms with Crippen LogP contribution in [0.4, 0.5) is 10.5 Å². The number of benzene rings is 1. The lowest BCUT2D eigenvalue weighted by Gasteiger charge is -2.17. The van der Waals surface area contributed by atoms with E-state index in [0.717, 1.165) is 0 Å². The van der Waals surface area contributed by atoms with E-state index >= 15 is 0 Å². The van der Waals surface area contributed by atoms with Gasteiger partial charge in [-0.15, -0.1) is 0 Å². The summed E-state index contributed by atoms with van der Waals surface area (Å²) in [4.78, 5) is 23.1. The number of carbonyl (C=O) groups is 2. The Morgan fingerprint density at radius 3 is 2.57 bits per heavy atom. The van der Waals surface area contributed by atoms with Crippen LogP contribution in [0, 0.1) is 0 Å². The van der Waals surface area contributed by atoms with Gasteiger partial charge in [0.1, 0.15) is 0 Å². The molecule has 2 amide bonds. The summed E-state index contributed by atoms with van der Waals surface area (Å²) in [6.07, 6.45) is 0.668. The number of rotatable bonds is 6. The molecule has 1 rings (SSSR count). The van der Waals surface area contributed by atoms with Gasteiger partial charge in [0.15, 0.2) is 0 Å². The number of ether oxygens (including phenoxy) is 1. The fourth-order valence-electron chi connectivity index (χ4n) is 1.67.